The summed E-state index contributed by atoms with van der Waals surface area (Å²) in [6.45, 7) is 9.04. The van der Waals surface area contributed by atoms with E-state index in [-0.39, 0.29) is 5.91 Å². The van der Waals surface area contributed by atoms with Gasteiger partial charge in [0.2, 0.25) is 5.91 Å². The highest BCUT2D eigenvalue weighted by Crippen LogP contribution is 2.14. The molecule has 1 rings (SSSR count). The molecule has 1 amide bonds. The standard InChI is InChI=1S/C15H31N3O/c1-13(2)18(10-6-8-15(19)17(3)4)12-14-7-5-9-16-11-14/h13-14,16H,5-12H2,1-4H3. The van der Waals surface area contributed by atoms with Crippen molar-refractivity contribution in [3.8, 4) is 0 Å². The Hall–Kier alpha value is -0.610. The molecule has 0 aromatic heterocycles. The van der Waals surface area contributed by atoms with Gasteiger partial charge in [0.15, 0.2) is 0 Å². The summed E-state index contributed by atoms with van der Waals surface area (Å²) >= 11 is 0. The normalized spacial score (nSPS) is 20.0. The van der Waals surface area contributed by atoms with Gasteiger partial charge in [-0.2, -0.15) is 0 Å². The molecule has 0 spiro atoms. The van der Waals surface area contributed by atoms with Gasteiger partial charge in [-0.05, 0) is 58.7 Å². The Bertz CT molecular complexity index is 260. The van der Waals surface area contributed by atoms with Gasteiger partial charge in [0.05, 0.1) is 0 Å². The van der Waals surface area contributed by atoms with Crippen LogP contribution in [0, 0.1) is 5.92 Å². The Morgan fingerprint density at radius 2 is 2.11 bits per heavy atom. The molecule has 19 heavy (non-hydrogen) atoms. The lowest BCUT2D eigenvalue weighted by atomic mass is 9.98. The van der Waals surface area contributed by atoms with E-state index in [1.807, 2.05) is 14.1 Å². The molecule has 1 aliphatic heterocycles. The number of nitrogens with zero attached hydrogens (tertiary/aromatic N) is 2. The van der Waals surface area contributed by atoms with Crippen LogP contribution < -0.4 is 5.32 Å². The lowest BCUT2D eigenvalue weighted by molar-refractivity contribution is -0.128. The molecule has 1 unspecified atom stereocenters. The van der Waals surface area contributed by atoms with Gasteiger partial charge >= 0.3 is 0 Å². The topological polar surface area (TPSA) is 35.6 Å². The van der Waals surface area contributed by atoms with Gasteiger partial charge in [0, 0.05) is 33.1 Å². The molecular formula is C15H31N3O. The minimum absolute atomic E-state index is 0.239. The summed E-state index contributed by atoms with van der Waals surface area (Å²) in [6.07, 6.45) is 4.27. The zero-order chi connectivity index (χ0) is 14.3. The van der Waals surface area contributed by atoms with E-state index in [9.17, 15) is 4.79 Å². The zero-order valence-corrected chi connectivity index (χ0v) is 13.1. The lowest BCUT2D eigenvalue weighted by Gasteiger charge is -2.32. The molecule has 4 heteroatoms. The second kappa shape index (κ2) is 8.54. The fourth-order valence-electron chi connectivity index (χ4n) is 2.63. The summed E-state index contributed by atoms with van der Waals surface area (Å²) in [7, 11) is 3.66. The van der Waals surface area contributed by atoms with Crippen LogP contribution in [0.25, 0.3) is 0 Å². The van der Waals surface area contributed by atoms with Gasteiger partial charge in [-0.3, -0.25) is 4.79 Å². The van der Waals surface area contributed by atoms with Crippen LogP contribution in [0.5, 0.6) is 0 Å². The Kier molecular flexibility index (Phi) is 7.39. The van der Waals surface area contributed by atoms with Crippen molar-refractivity contribution in [2.24, 2.45) is 5.92 Å². The summed E-state index contributed by atoms with van der Waals surface area (Å²) in [4.78, 5) is 15.8. The first kappa shape index (κ1) is 16.4. The number of amides is 1. The Morgan fingerprint density at radius 1 is 1.37 bits per heavy atom. The number of piperidine rings is 1. The van der Waals surface area contributed by atoms with E-state index < -0.39 is 0 Å². The fraction of sp³-hybridized carbons (Fsp3) is 0.933. The predicted octanol–water partition coefficient (Wildman–Crippen LogP) is 1.56. The van der Waals surface area contributed by atoms with Gasteiger partial charge in [0.1, 0.15) is 0 Å². The monoisotopic (exact) mass is 269 g/mol. The van der Waals surface area contributed by atoms with Crippen molar-refractivity contribution in [3.63, 3.8) is 0 Å². The van der Waals surface area contributed by atoms with Gasteiger partial charge < -0.3 is 15.1 Å². The summed E-state index contributed by atoms with van der Waals surface area (Å²) in [6, 6.07) is 0.566. The van der Waals surface area contributed by atoms with E-state index in [1.54, 1.807) is 4.90 Å². The van der Waals surface area contributed by atoms with Gasteiger partial charge in [-0.15, -0.1) is 0 Å². The summed E-state index contributed by atoms with van der Waals surface area (Å²) in [5, 5.41) is 3.48. The molecule has 0 bridgehead atoms. The minimum Gasteiger partial charge on any atom is -0.349 e. The van der Waals surface area contributed by atoms with Crippen LogP contribution in [-0.2, 0) is 4.79 Å². The van der Waals surface area contributed by atoms with Crippen molar-refractivity contribution in [2.45, 2.75) is 45.6 Å². The molecule has 0 radical (unpaired) electrons. The van der Waals surface area contributed by atoms with Crippen molar-refractivity contribution in [1.29, 1.82) is 0 Å². The molecule has 0 aliphatic carbocycles. The number of hydrogen-bond acceptors (Lipinski definition) is 3. The summed E-state index contributed by atoms with van der Waals surface area (Å²) < 4.78 is 0. The smallest absolute Gasteiger partial charge is 0.222 e. The largest absolute Gasteiger partial charge is 0.349 e. The van der Waals surface area contributed by atoms with Crippen molar-refractivity contribution in [3.05, 3.63) is 0 Å². The molecule has 1 fully saturated rings. The molecule has 1 saturated heterocycles. The number of hydrogen-bond donors (Lipinski definition) is 1. The van der Waals surface area contributed by atoms with Crippen LogP contribution in [0.3, 0.4) is 0 Å². The van der Waals surface area contributed by atoms with E-state index in [2.05, 4.69) is 24.1 Å². The van der Waals surface area contributed by atoms with Crippen molar-refractivity contribution in [1.82, 2.24) is 15.1 Å². The highest BCUT2D eigenvalue weighted by molar-refractivity contribution is 5.75. The average Bonchev–Trinajstić information content (AvgIpc) is 2.38. The predicted molar refractivity (Wildman–Crippen MR) is 80.2 cm³/mol. The second-order valence-corrected chi connectivity index (χ2v) is 6.19. The van der Waals surface area contributed by atoms with Crippen LogP contribution >= 0.6 is 0 Å². The van der Waals surface area contributed by atoms with Crippen LogP contribution in [-0.4, -0.2) is 62.0 Å². The number of carbonyl (C=O) groups is 1. The molecule has 1 aliphatic rings. The fourth-order valence-corrected chi connectivity index (χ4v) is 2.63. The first-order valence-corrected chi connectivity index (χ1v) is 7.65. The van der Waals surface area contributed by atoms with E-state index >= 15 is 0 Å². The van der Waals surface area contributed by atoms with Crippen molar-refractivity contribution >= 4 is 5.91 Å². The lowest BCUT2D eigenvalue weighted by Crippen LogP contribution is -2.41. The zero-order valence-electron chi connectivity index (χ0n) is 13.1. The Labute approximate surface area is 118 Å². The van der Waals surface area contributed by atoms with Crippen LogP contribution in [0.15, 0.2) is 0 Å². The van der Waals surface area contributed by atoms with E-state index in [0.717, 1.165) is 25.4 Å². The third kappa shape index (κ3) is 6.39. The van der Waals surface area contributed by atoms with Gasteiger partial charge in [0.25, 0.3) is 0 Å². The quantitative estimate of drug-likeness (QED) is 0.762. The highest BCUT2D eigenvalue weighted by atomic mass is 16.2. The van der Waals surface area contributed by atoms with Crippen LogP contribution in [0.1, 0.15) is 39.5 Å². The number of carbonyl (C=O) groups excluding carboxylic acids is 1. The minimum atomic E-state index is 0.239. The molecule has 1 heterocycles. The molecule has 0 aromatic rings. The molecule has 1 atom stereocenters. The first-order valence-electron chi connectivity index (χ1n) is 7.65. The molecule has 4 nitrogen and oxygen atoms in total. The molecular weight excluding hydrogens is 238 g/mol. The molecule has 0 saturated carbocycles. The van der Waals surface area contributed by atoms with Crippen LogP contribution in [0.4, 0.5) is 0 Å². The van der Waals surface area contributed by atoms with Crippen molar-refractivity contribution < 1.29 is 4.79 Å². The maximum Gasteiger partial charge on any atom is 0.222 e. The highest BCUT2D eigenvalue weighted by Gasteiger charge is 2.18. The van der Waals surface area contributed by atoms with Gasteiger partial charge in [-0.25, -0.2) is 0 Å². The summed E-state index contributed by atoms with van der Waals surface area (Å²) in [5.41, 5.74) is 0. The van der Waals surface area contributed by atoms with E-state index in [4.69, 9.17) is 0 Å². The molecule has 0 aromatic carbocycles. The third-order valence-corrected chi connectivity index (χ3v) is 3.96. The Balaban J connectivity index is 2.29. The first-order chi connectivity index (χ1) is 9.00. The maximum absolute atomic E-state index is 11.6. The number of rotatable bonds is 7. The molecule has 1 N–H and O–H groups in total. The summed E-state index contributed by atoms with van der Waals surface area (Å²) in [5.74, 6) is 1.02. The van der Waals surface area contributed by atoms with Crippen LogP contribution in [0.2, 0.25) is 0 Å². The maximum atomic E-state index is 11.6. The second-order valence-electron chi connectivity index (χ2n) is 6.19. The van der Waals surface area contributed by atoms with E-state index in [0.29, 0.717) is 12.5 Å². The molecule has 112 valence electrons. The van der Waals surface area contributed by atoms with E-state index in [1.165, 1.54) is 25.9 Å². The SMILES string of the molecule is CC(C)N(CCCC(=O)N(C)C)CC1CCCNC1. The Morgan fingerprint density at radius 3 is 2.63 bits per heavy atom. The third-order valence-electron chi connectivity index (χ3n) is 3.96. The average molecular weight is 269 g/mol. The van der Waals surface area contributed by atoms with Gasteiger partial charge in [-0.1, -0.05) is 0 Å². The number of nitrogens with one attached hydrogen (secondary N) is 1. The van der Waals surface area contributed by atoms with Crippen molar-refractivity contribution in [2.75, 3.05) is 40.3 Å².